The van der Waals surface area contributed by atoms with Crippen molar-refractivity contribution in [2.45, 2.75) is 6.10 Å². The van der Waals surface area contributed by atoms with E-state index in [9.17, 15) is 9.59 Å². The second-order valence-electron chi connectivity index (χ2n) is 4.99. The highest BCUT2D eigenvalue weighted by atomic mass is 16.5. The van der Waals surface area contributed by atoms with Gasteiger partial charge in [0.1, 0.15) is 18.0 Å². The number of fused-ring (bicyclic) bond motifs is 1. The van der Waals surface area contributed by atoms with Crippen molar-refractivity contribution in [2.75, 3.05) is 17.2 Å². The van der Waals surface area contributed by atoms with Gasteiger partial charge in [-0.25, -0.2) is 0 Å². The van der Waals surface area contributed by atoms with Crippen LogP contribution >= 0.6 is 0 Å². The predicted octanol–water partition coefficient (Wildman–Crippen LogP) is 1.22. The van der Waals surface area contributed by atoms with Crippen LogP contribution in [0, 0.1) is 0 Å². The van der Waals surface area contributed by atoms with Gasteiger partial charge in [-0.3, -0.25) is 14.5 Å². The first kappa shape index (κ1) is 13.9. The lowest BCUT2D eigenvalue weighted by Gasteiger charge is -2.34. The molecule has 1 atom stereocenters. The maximum Gasteiger partial charge on any atom is 0.273 e. The Labute approximate surface area is 127 Å². The van der Waals surface area contributed by atoms with Gasteiger partial charge in [-0.15, -0.1) is 0 Å². The molecule has 1 aliphatic heterocycles. The topological polar surface area (TPSA) is 98.7 Å². The Balaban J connectivity index is 2.09. The van der Waals surface area contributed by atoms with Gasteiger partial charge in [0.15, 0.2) is 0 Å². The number of carbonyl (C=O) groups is 2. The molecule has 0 aliphatic carbocycles. The van der Waals surface area contributed by atoms with Crippen LogP contribution in [-0.4, -0.2) is 18.4 Å². The first-order chi connectivity index (χ1) is 10.6. The Morgan fingerprint density at radius 3 is 2.55 bits per heavy atom. The van der Waals surface area contributed by atoms with Crippen molar-refractivity contribution < 1.29 is 14.3 Å². The minimum Gasteiger partial charge on any atom is -0.474 e. The van der Waals surface area contributed by atoms with Gasteiger partial charge in [0, 0.05) is 5.56 Å². The van der Waals surface area contributed by atoms with Crippen molar-refractivity contribution >= 4 is 23.2 Å². The Morgan fingerprint density at radius 2 is 1.86 bits per heavy atom. The largest absolute Gasteiger partial charge is 0.474 e. The van der Waals surface area contributed by atoms with Crippen molar-refractivity contribution in [3.63, 3.8) is 0 Å². The summed E-state index contributed by atoms with van der Waals surface area (Å²) in [5.41, 5.74) is 12.6. The van der Waals surface area contributed by atoms with Crippen LogP contribution in [0.15, 0.2) is 48.5 Å². The van der Waals surface area contributed by atoms with Gasteiger partial charge in [-0.2, -0.15) is 0 Å². The molecule has 0 saturated carbocycles. The van der Waals surface area contributed by atoms with Crippen LogP contribution in [0.25, 0.3) is 0 Å². The van der Waals surface area contributed by atoms with E-state index in [0.717, 1.165) is 0 Å². The van der Waals surface area contributed by atoms with Crippen molar-refractivity contribution in [3.05, 3.63) is 54.1 Å². The number of amides is 2. The minimum atomic E-state index is -0.824. The lowest BCUT2D eigenvalue weighted by atomic mass is 10.0. The van der Waals surface area contributed by atoms with E-state index >= 15 is 0 Å². The van der Waals surface area contributed by atoms with Crippen LogP contribution in [0.5, 0.6) is 5.75 Å². The van der Waals surface area contributed by atoms with Gasteiger partial charge >= 0.3 is 0 Å². The summed E-state index contributed by atoms with van der Waals surface area (Å²) in [4.78, 5) is 25.3. The van der Waals surface area contributed by atoms with Crippen LogP contribution in [0.1, 0.15) is 11.7 Å². The average molecular weight is 297 g/mol. The molecule has 22 heavy (non-hydrogen) atoms. The molecule has 1 unspecified atom stereocenters. The molecule has 6 nitrogen and oxygen atoms in total. The minimum absolute atomic E-state index is 0.243. The van der Waals surface area contributed by atoms with Gasteiger partial charge < -0.3 is 16.2 Å². The number of rotatable bonds is 3. The zero-order valence-electron chi connectivity index (χ0n) is 11.7. The summed E-state index contributed by atoms with van der Waals surface area (Å²) in [5.74, 6) is -0.527. The van der Waals surface area contributed by atoms with E-state index in [1.807, 2.05) is 18.2 Å². The molecule has 0 aromatic heterocycles. The zero-order valence-corrected chi connectivity index (χ0v) is 11.7. The summed E-state index contributed by atoms with van der Waals surface area (Å²) in [7, 11) is 0. The standard InChI is InChI=1S/C16H15N3O3/c17-11-7-4-8-12-14(11)19(9-13(18)20)16(21)15(22-12)10-5-2-1-3-6-10/h1-8,15H,9,17H2,(H2,18,20). The number of primary amides is 1. The number of ether oxygens (including phenoxy) is 1. The Bertz CT molecular complexity index is 731. The summed E-state index contributed by atoms with van der Waals surface area (Å²) in [5, 5.41) is 0. The first-order valence-electron chi connectivity index (χ1n) is 6.77. The number of nitrogen functional groups attached to an aromatic ring is 1. The van der Waals surface area contributed by atoms with Gasteiger partial charge in [0.25, 0.3) is 5.91 Å². The van der Waals surface area contributed by atoms with Gasteiger partial charge in [0.05, 0.1) is 5.69 Å². The number of para-hydroxylation sites is 1. The van der Waals surface area contributed by atoms with Crippen LogP contribution in [-0.2, 0) is 9.59 Å². The van der Waals surface area contributed by atoms with E-state index in [0.29, 0.717) is 22.7 Å². The number of hydrogen-bond acceptors (Lipinski definition) is 4. The third kappa shape index (κ3) is 2.35. The normalized spacial score (nSPS) is 16.8. The molecule has 2 aromatic rings. The van der Waals surface area contributed by atoms with E-state index in [4.69, 9.17) is 16.2 Å². The zero-order chi connectivity index (χ0) is 15.7. The fraction of sp³-hybridized carbons (Fsp3) is 0.125. The number of hydrogen-bond donors (Lipinski definition) is 2. The molecule has 4 N–H and O–H groups in total. The van der Waals surface area contributed by atoms with E-state index < -0.39 is 12.0 Å². The van der Waals surface area contributed by atoms with Gasteiger partial charge in [-0.1, -0.05) is 36.4 Å². The van der Waals surface area contributed by atoms with Crippen molar-refractivity contribution in [2.24, 2.45) is 5.73 Å². The number of anilines is 2. The van der Waals surface area contributed by atoms with Crippen LogP contribution in [0.2, 0.25) is 0 Å². The summed E-state index contributed by atoms with van der Waals surface area (Å²) >= 11 is 0. The number of benzene rings is 2. The summed E-state index contributed by atoms with van der Waals surface area (Å²) in [6.07, 6.45) is -0.824. The molecule has 112 valence electrons. The third-order valence-corrected chi connectivity index (χ3v) is 3.45. The van der Waals surface area contributed by atoms with Crippen LogP contribution in [0.3, 0.4) is 0 Å². The number of carbonyl (C=O) groups excluding carboxylic acids is 2. The second kappa shape index (κ2) is 5.40. The highest BCUT2D eigenvalue weighted by molar-refractivity contribution is 6.06. The fourth-order valence-electron chi connectivity index (χ4n) is 2.50. The van der Waals surface area contributed by atoms with Crippen LogP contribution < -0.4 is 21.1 Å². The third-order valence-electron chi connectivity index (χ3n) is 3.45. The molecule has 0 spiro atoms. The molecule has 1 heterocycles. The fourth-order valence-corrected chi connectivity index (χ4v) is 2.50. The van der Waals surface area contributed by atoms with Crippen molar-refractivity contribution in [1.29, 1.82) is 0 Å². The predicted molar refractivity (Wildman–Crippen MR) is 82.2 cm³/mol. The molecule has 0 fully saturated rings. The molecule has 0 radical (unpaired) electrons. The first-order valence-corrected chi connectivity index (χ1v) is 6.77. The highest BCUT2D eigenvalue weighted by Gasteiger charge is 2.37. The smallest absolute Gasteiger partial charge is 0.273 e. The molecule has 2 amide bonds. The Morgan fingerprint density at radius 1 is 1.14 bits per heavy atom. The van der Waals surface area contributed by atoms with E-state index in [-0.39, 0.29) is 12.5 Å². The van der Waals surface area contributed by atoms with Gasteiger partial charge in [-0.05, 0) is 12.1 Å². The summed E-state index contributed by atoms with van der Waals surface area (Å²) in [6, 6.07) is 14.2. The molecule has 1 aliphatic rings. The molecular formula is C16H15N3O3. The Kier molecular flexibility index (Phi) is 3.42. The number of nitrogens with zero attached hydrogens (tertiary/aromatic N) is 1. The average Bonchev–Trinajstić information content (AvgIpc) is 2.50. The SMILES string of the molecule is NC(=O)CN1C(=O)C(c2ccccc2)Oc2cccc(N)c21. The molecule has 2 aromatic carbocycles. The lowest BCUT2D eigenvalue weighted by molar-refractivity contribution is -0.128. The summed E-state index contributed by atoms with van der Waals surface area (Å²) < 4.78 is 5.80. The Hall–Kier alpha value is -3.02. The monoisotopic (exact) mass is 297 g/mol. The molecular weight excluding hydrogens is 282 g/mol. The lowest BCUT2D eigenvalue weighted by Crippen LogP contribution is -2.45. The van der Waals surface area contributed by atoms with Crippen molar-refractivity contribution in [1.82, 2.24) is 0 Å². The summed E-state index contributed by atoms with van der Waals surface area (Å²) in [6.45, 7) is -0.243. The maximum absolute atomic E-state index is 12.7. The van der Waals surface area contributed by atoms with Crippen molar-refractivity contribution in [3.8, 4) is 5.75 Å². The maximum atomic E-state index is 12.7. The number of nitrogens with two attached hydrogens (primary N) is 2. The molecule has 0 saturated heterocycles. The van der Waals surface area contributed by atoms with Gasteiger partial charge in [0.2, 0.25) is 12.0 Å². The van der Waals surface area contributed by atoms with E-state index in [1.165, 1.54) is 4.90 Å². The molecule has 3 rings (SSSR count). The molecule has 0 bridgehead atoms. The van der Waals surface area contributed by atoms with Crippen LogP contribution in [0.4, 0.5) is 11.4 Å². The highest BCUT2D eigenvalue weighted by Crippen LogP contribution is 2.42. The van der Waals surface area contributed by atoms with E-state index in [2.05, 4.69) is 0 Å². The van der Waals surface area contributed by atoms with E-state index in [1.54, 1.807) is 30.3 Å². The second-order valence-corrected chi connectivity index (χ2v) is 4.99. The molecule has 6 heteroatoms. The quantitative estimate of drug-likeness (QED) is 0.832.